The second-order valence-electron chi connectivity index (χ2n) is 7.82. The molecule has 2 rings (SSSR count). The molecule has 1 N–H and O–H groups in total. The Bertz CT molecular complexity index is 264. The molecule has 2 aliphatic rings. The first-order valence-corrected chi connectivity index (χ1v) is 8.48. The Labute approximate surface area is 120 Å². The number of nitrogens with one attached hydrogen (secondary N) is 1. The SMILES string of the molecule is CCNCC1(CN2CCC(C)(C)C2)CCCCCC1. The molecule has 1 heterocycles. The second kappa shape index (κ2) is 6.58. The van der Waals surface area contributed by atoms with Gasteiger partial charge in [0.1, 0.15) is 0 Å². The molecule has 0 aromatic heterocycles. The zero-order valence-electron chi connectivity index (χ0n) is 13.4. The first-order chi connectivity index (χ1) is 9.05. The first kappa shape index (κ1) is 15.3. The fourth-order valence-corrected chi connectivity index (χ4v) is 4.09. The van der Waals surface area contributed by atoms with Crippen molar-refractivity contribution in [1.29, 1.82) is 0 Å². The summed E-state index contributed by atoms with van der Waals surface area (Å²) in [6.45, 7) is 13.4. The van der Waals surface area contributed by atoms with Crippen molar-refractivity contribution >= 4 is 0 Å². The van der Waals surface area contributed by atoms with Gasteiger partial charge in [-0.1, -0.05) is 46.5 Å². The predicted octanol–water partition coefficient (Wildman–Crippen LogP) is 3.67. The summed E-state index contributed by atoms with van der Waals surface area (Å²) < 4.78 is 0. The number of rotatable bonds is 5. The molecule has 0 bridgehead atoms. The highest BCUT2D eigenvalue weighted by Gasteiger charge is 2.36. The average Bonchev–Trinajstić information content (AvgIpc) is 2.58. The highest BCUT2D eigenvalue weighted by atomic mass is 15.2. The molecular weight excluding hydrogens is 232 g/mol. The topological polar surface area (TPSA) is 15.3 Å². The molecule has 1 aliphatic carbocycles. The van der Waals surface area contributed by atoms with Gasteiger partial charge in [-0.25, -0.2) is 0 Å². The van der Waals surface area contributed by atoms with Crippen molar-refractivity contribution in [3.63, 3.8) is 0 Å². The van der Waals surface area contributed by atoms with E-state index in [0.29, 0.717) is 10.8 Å². The molecule has 2 nitrogen and oxygen atoms in total. The van der Waals surface area contributed by atoms with E-state index in [0.717, 1.165) is 6.54 Å². The lowest BCUT2D eigenvalue weighted by atomic mass is 9.79. The summed E-state index contributed by atoms with van der Waals surface area (Å²) in [6, 6.07) is 0. The van der Waals surface area contributed by atoms with Gasteiger partial charge in [0, 0.05) is 19.6 Å². The van der Waals surface area contributed by atoms with Crippen LogP contribution in [0.1, 0.15) is 65.7 Å². The Kier molecular flexibility index (Phi) is 5.30. The minimum absolute atomic E-state index is 0.546. The Morgan fingerprint density at radius 2 is 1.68 bits per heavy atom. The van der Waals surface area contributed by atoms with Gasteiger partial charge in [-0.15, -0.1) is 0 Å². The van der Waals surface area contributed by atoms with Crippen LogP contribution < -0.4 is 5.32 Å². The third-order valence-corrected chi connectivity index (χ3v) is 5.23. The summed E-state index contributed by atoms with van der Waals surface area (Å²) in [4.78, 5) is 2.75. The van der Waals surface area contributed by atoms with E-state index in [4.69, 9.17) is 0 Å². The Morgan fingerprint density at radius 1 is 1.00 bits per heavy atom. The van der Waals surface area contributed by atoms with Crippen molar-refractivity contribution in [2.24, 2.45) is 10.8 Å². The fourth-order valence-electron chi connectivity index (χ4n) is 4.09. The lowest BCUT2D eigenvalue weighted by molar-refractivity contribution is 0.138. The van der Waals surface area contributed by atoms with Crippen LogP contribution in [0.5, 0.6) is 0 Å². The van der Waals surface area contributed by atoms with Gasteiger partial charge in [-0.3, -0.25) is 0 Å². The summed E-state index contributed by atoms with van der Waals surface area (Å²) in [5.74, 6) is 0. The van der Waals surface area contributed by atoms with E-state index >= 15 is 0 Å². The number of hydrogen-bond acceptors (Lipinski definition) is 2. The van der Waals surface area contributed by atoms with Crippen molar-refractivity contribution in [2.75, 3.05) is 32.7 Å². The van der Waals surface area contributed by atoms with Crippen LogP contribution in [0.3, 0.4) is 0 Å². The van der Waals surface area contributed by atoms with Crippen molar-refractivity contribution in [3.8, 4) is 0 Å². The minimum atomic E-state index is 0.546. The van der Waals surface area contributed by atoms with E-state index in [9.17, 15) is 0 Å². The van der Waals surface area contributed by atoms with E-state index in [1.807, 2.05) is 0 Å². The maximum Gasteiger partial charge on any atom is 0.00504 e. The highest BCUT2D eigenvalue weighted by molar-refractivity contribution is 4.91. The van der Waals surface area contributed by atoms with Gasteiger partial charge in [0.15, 0.2) is 0 Å². The van der Waals surface area contributed by atoms with Crippen molar-refractivity contribution in [2.45, 2.75) is 65.7 Å². The molecule has 0 aromatic rings. The van der Waals surface area contributed by atoms with Gasteiger partial charge in [0.05, 0.1) is 0 Å². The van der Waals surface area contributed by atoms with Crippen LogP contribution in [0, 0.1) is 10.8 Å². The Hall–Kier alpha value is -0.0800. The molecular formula is C17H34N2. The van der Waals surface area contributed by atoms with Gasteiger partial charge in [0.25, 0.3) is 0 Å². The van der Waals surface area contributed by atoms with Crippen LogP contribution >= 0.6 is 0 Å². The zero-order valence-corrected chi connectivity index (χ0v) is 13.4. The molecule has 0 unspecified atom stereocenters. The van der Waals surface area contributed by atoms with Gasteiger partial charge < -0.3 is 10.2 Å². The van der Waals surface area contributed by atoms with Gasteiger partial charge in [-0.05, 0) is 43.2 Å². The van der Waals surface area contributed by atoms with Crippen LogP contribution in [0.15, 0.2) is 0 Å². The molecule has 2 heteroatoms. The van der Waals surface area contributed by atoms with Crippen LogP contribution in [0.2, 0.25) is 0 Å². The zero-order chi connectivity index (χ0) is 13.8. The monoisotopic (exact) mass is 266 g/mol. The maximum atomic E-state index is 3.65. The lowest BCUT2D eigenvalue weighted by Crippen LogP contribution is -2.43. The molecule has 1 saturated carbocycles. The number of likely N-dealkylation sites (tertiary alicyclic amines) is 1. The third kappa shape index (κ3) is 4.46. The van der Waals surface area contributed by atoms with Crippen molar-refractivity contribution in [1.82, 2.24) is 10.2 Å². The summed E-state index contributed by atoms with van der Waals surface area (Å²) in [7, 11) is 0. The van der Waals surface area contributed by atoms with Gasteiger partial charge >= 0.3 is 0 Å². The standard InChI is InChI=1S/C17H34N2/c1-4-18-13-17(9-7-5-6-8-10-17)15-19-12-11-16(2,3)14-19/h18H,4-15H2,1-3H3. The van der Waals surface area contributed by atoms with Crippen molar-refractivity contribution in [3.05, 3.63) is 0 Å². The third-order valence-electron chi connectivity index (χ3n) is 5.23. The molecule has 112 valence electrons. The van der Waals surface area contributed by atoms with E-state index in [2.05, 4.69) is 31.0 Å². The maximum absolute atomic E-state index is 3.65. The van der Waals surface area contributed by atoms with E-state index < -0.39 is 0 Å². The van der Waals surface area contributed by atoms with Crippen molar-refractivity contribution < 1.29 is 0 Å². The van der Waals surface area contributed by atoms with Gasteiger partial charge in [0.2, 0.25) is 0 Å². The van der Waals surface area contributed by atoms with Crippen LogP contribution in [0.4, 0.5) is 0 Å². The molecule has 1 aliphatic heterocycles. The molecule has 0 radical (unpaired) electrons. The number of nitrogens with zero attached hydrogens (tertiary/aromatic N) is 1. The summed E-state index contributed by atoms with van der Waals surface area (Å²) >= 11 is 0. The van der Waals surface area contributed by atoms with Crippen LogP contribution in [-0.4, -0.2) is 37.6 Å². The highest BCUT2D eigenvalue weighted by Crippen LogP contribution is 2.38. The smallest absolute Gasteiger partial charge is 0.00504 e. The lowest BCUT2D eigenvalue weighted by Gasteiger charge is -2.37. The molecule has 0 aromatic carbocycles. The molecule has 19 heavy (non-hydrogen) atoms. The van der Waals surface area contributed by atoms with E-state index in [-0.39, 0.29) is 0 Å². The first-order valence-electron chi connectivity index (χ1n) is 8.48. The molecule has 0 amide bonds. The summed E-state index contributed by atoms with van der Waals surface area (Å²) in [6.07, 6.45) is 10.1. The Balaban J connectivity index is 1.96. The molecule has 1 saturated heterocycles. The minimum Gasteiger partial charge on any atom is -0.316 e. The summed E-state index contributed by atoms with van der Waals surface area (Å²) in [5, 5.41) is 3.65. The number of hydrogen-bond donors (Lipinski definition) is 1. The van der Waals surface area contributed by atoms with Gasteiger partial charge in [-0.2, -0.15) is 0 Å². The largest absolute Gasteiger partial charge is 0.316 e. The molecule has 0 atom stereocenters. The van der Waals surface area contributed by atoms with Crippen LogP contribution in [-0.2, 0) is 0 Å². The Morgan fingerprint density at radius 3 is 2.21 bits per heavy atom. The average molecular weight is 266 g/mol. The predicted molar refractivity (Wildman–Crippen MR) is 83.5 cm³/mol. The normalized spacial score (nSPS) is 27.3. The van der Waals surface area contributed by atoms with E-state index in [1.54, 1.807) is 0 Å². The molecule has 2 fully saturated rings. The van der Waals surface area contributed by atoms with Crippen LogP contribution in [0.25, 0.3) is 0 Å². The summed E-state index contributed by atoms with van der Waals surface area (Å²) in [5.41, 5.74) is 1.11. The molecule has 0 spiro atoms. The fraction of sp³-hybridized carbons (Fsp3) is 1.00. The quantitative estimate of drug-likeness (QED) is 0.764. The second-order valence-corrected chi connectivity index (χ2v) is 7.82. The van der Waals surface area contributed by atoms with E-state index in [1.165, 1.54) is 71.1 Å².